The van der Waals surface area contributed by atoms with Crippen LogP contribution in [-0.4, -0.2) is 11.6 Å². The van der Waals surface area contributed by atoms with Gasteiger partial charge in [-0.3, -0.25) is 4.79 Å². The summed E-state index contributed by atoms with van der Waals surface area (Å²) in [5, 5.41) is 0. The quantitative estimate of drug-likeness (QED) is 0.693. The zero-order valence-electron chi connectivity index (χ0n) is 10.5. The topological polar surface area (TPSA) is 26.3 Å². The fraction of sp³-hybridized carbons (Fsp3) is 0.533. The minimum Gasteiger partial charge on any atom is -0.457 e. The highest BCUT2D eigenvalue weighted by Crippen LogP contribution is 2.55. The van der Waals surface area contributed by atoms with Crippen LogP contribution >= 0.6 is 0 Å². The van der Waals surface area contributed by atoms with Crippen LogP contribution in [0.2, 0.25) is 0 Å². The molecule has 0 radical (unpaired) electrons. The van der Waals surface area contributed by atoms with E-state index in [-0.39, 0.29) is 17.0 Å². The molecule has 2 heteroatoms. The maximum atomic E-state index is 12.1. The van der Waals surface area contributed by atoms with E-state index in [1.807, 2.05) is 6.07 Å². The van der Waals surface area contributed by atoms with Crippen molar-refractivity contribution >= 4 is 5.97 Å². The van der Waals surface area contributed by atoms with Crippen LogP contribution in [0.4, 0.5) is 0 Å². The number of rotatable bonds is 1. The molecule has 0 saturated carbocycles. The number of hydrogen-bond donors (Lipinski definition) is 0. The van der Waals surface area contributed by atoms with Gasteiger partial charge in [0.05, 0.1) is 0 Å². The van der Waals surface area contributed by atoms with Gasteiger partial charge in [0, 0.05) is 0 Å². The molecule has 17 heavy (non-hydrogen) atoms. The number of fused-ring (bicyclic) bond motifs is 2. The van der Waals surface area contributed by atoms with Crippen molar-refractivity contribution in [2.75, 3.05) is 0 Å². The molecule has 1 aliphatic carbocycles. The molecule has 3 rings (SSSR count). The Morgan fingerprint density at radius 2 is 2.12 bits per heavy atom. The second-order valence-electron chi connectivity index (χ2n) is 5.39. The molecule has 1 fully saturated rings. The summed E-state index contributed by atoms with van der Waals surface area (Å²) in [4.78, 5) is 12.1. The Morgan fingerprint density at radius 1 is 1.35 bits per heavy atom. The Kier molecular flexibility index (Phi) is 2.13. The molecule has 90 valence electrons. The highest BCUT2D eigenvalue weighted by atomic mass is 16.6. The molecule has 2 nitrogen and oxygen atoms in total. The summed E-state index contributed by atoms with van der Waals surface area (Å²) in [6, 6.07) is 8.36. The Hall–Kier alpha value is -1.31. The van der Waals surface area contributed by atoms with Crippen molar-refractivity contribution in [3.05, 3.63) is 35.4 Å². The summed E-state index contributed by atoms with van der Waals surface area (Å²) >= 11 is 0. The Balaban J connectivity index is 2.19. The number of cyclic esters (lactones) is 1. The van der Waals surface area contributed by atoms with Gasteiger partial charge in [0.15, 0.2) is 0 Å². The summed E-state index contributed by atoms with van der Waals surface area (Å²) in [6.07, 6.45) is 3.99. The van der Waals surface area contributed by atoms with E-state index in [1.165, 1.54) is 11.1 Å². The smallest absolute Gasteiger partial charge is 0.321 e. The van der Waals surface area contributed by atoms with Gasteiger partial charge in [-0.2, -0.15) is 0 Å². The predicted octanol–water partition coefficient (Wildman–Crippen LogP) is 2.99. The summed E-state index contributed by atoms with van der Waals surface area (Å²) in [5.41, 5.74) is 1.87. The van der Waals surface area contributed by atoms with E-state index in [0.29, 0.717) is 0 Å². The van der Waals surface area contributed by atoms with Crippen molar-refractivity contribution in [3.8, 4) is 0 Å². The van der Waals surface area contributed by atoms with E-state index in [0.717, 1.165) is 25.7 Å². The van der Waals surface area contributed by atoms with Crippen LogP contribution in [0.15, 0.2) is 24.3 Å². The largest absolute Gasteiger partial charge is 0.457 e. The number of ether oxygens (including phenoxy) is 1. The fourth-order valence-corrected chi connectivity index (χ4v) is 3.52. The molecule has 0 aromatic heterocycles. The maximum absolute atomic E-state index is 12.1. The Labute approximate surface area is 102 Å². The lowest BCUT2D eigenvalue weighted by Crippen LogP contribution is -2.68. The van der Waals surface area contributed by atoms with Gasteiger partial charge in [0.25, 0.3) is 0 Å². The molecule has 0 N–H and O–H groups in total. The predicted molar refractivity (Wildman–Crippen MR) is 65.8 cm³/mol. The molecule has 1 aliphatic heterocycles. The van der Waals surface area contributed by atoms with Crippen molar-refractivity contribution in [1.82, 2.24) is 0 Å². The number of esters is 1. The Morgan fingerprint density at radius 3 is 2.82 bits per heavy atom. The molecule has 1 spiro atoms. The van der Waals surface area contributed by atoms with E-state index in [9.17, 15) is 4.79 Å². The zero-order valence-corrected chi connectivity index (χ0v) is 10.5. The van der Waals surface area contributed by atoms with Gasteiger partial charge < -0.3 is 4.74 Å². The van der Waals surface area contributed by atoms with Crippen molar-refractivity contribution < 1.29 is 9.53 Å². The number of carbonyl (C=O) groups is 1. The van der Waals surface area contributed by atoms with Gasteiger partial charge in [-0.25, -0.2) is 0 Å². The molecule has 2 atom stereocenters. The van der Waals surface area contributed by atoms with Crippen LogP contribution in [0.3, 0.4) is 0 Å². The normalized spacial score (nSPS) is 35.1. The van der Waals surface area contributed by atoms with Crippen molar-refractivity contribution in [3.63, 3.8) is 0 Å². The van der Waals surface area contributed by atoms with E-state index in [2.05, 4.69) is 32.0 Å². The van der Waals surface area contributed by atoms with Crippen LogP contribution in [0.25, 0.3) is 0 Å². The van der Waals surface area contributed by atoms with Gasteiger partial charge in [-0.15, -0.1) is 0 Å². The first-order chi connectivity index (χ1) is 8.14. The first-order valence-electron chi connectivity index (χ1n) is 6.46. The average molecular weight is 230 g/mol. The monoisotopic (exact) mass is 230 g/mol. The lowest BCUT2D eigenvalue weighted by molar-refractivity contribution is -0.221. The molecule has 1 saturated heterocycles. The average Bonchev–Trinajstić information content (AvgIpc) is 2.37. The minimum absolute atomic E-state index is 0.0194. The lowest BCUT2D eigenvalue weighted by atomic mass is 9.57. The van der Waals surface area contributed by atoms with Crippen molar-refractivity contribution in [2.24, 2.45) is 0 Å². The molecular formula is C15H18O2. The molecule has 2 aliphatic rings. The summed E-state index contributed by atoms with van der Waals surface area (Å²) in [6.45, 7) is 4.18. The van der Waals surface area contributed by atoms with E-state index in [1.54, 1.807) is 0 Å². The molecule has 0 bridgehead atoms. The number of benzene rings is 1. The molecule has 1 aromatic carbocycles. The lowest BCUT2D eigenvalue weighted by Gasteiger charge is -2.57. The zero-order chi connectivity index (χ0) is 12.1. The number of carbonyl (C=O) groups excluding carboxylic acids is 1. The van der Waals surface area contributed by atoms with E-state index >= 15 is 0 Å². The first-order valence-corrected chi connectivity index (χ1v) is 6.46. The standard InChI is InChI=1S/C15H18O2/c1-3-14(2)15(13(16)17-14)10-6-8-11-7-4-5-9-12(11)15/h4-5,7,9H,3,6,8,10H2,1-2H3. The van der Waals surface area contributed by atoms with Gasteiger partial charge in [-0.1, -0.05) is 31.2 Å². The van der Waals surface area contributed by atoms with Gasteiger partial charge in [-0.05, 0) is 43.7 Å². The fourth-order valence-electron chi connectivity index (χ4n) is 3.52. The minimum atomic E-state index is -0.364. The third kappa shape index (κ3) is 1.13. The second-order valence-corrected chi connectivity index (χ2v) is 5.39. The Bertz CT molecular complexity index is 480. The van der Waals surface area contributed by atoms with Gasteiger partial charge in [0.2, 0.25) is 0 Å². The van der Waals surface area contributed by atoms with Crippen molar-refractivity contribution in [1.29, 1.82) is 0 Å². The highest BCUT2D eigenvalue weighted by Gasteiger charge is 2.67. The molecular weight excluding hydrogens is 212 g/mol. The van der Waals surface area contributed by atoms with Crippen LogP contribution < -0.4 is 0 Å². The van der Waals surface area contributed by atoms with Crippen LogP contribution in [-0.2, 0) is 21.4 Å². The summed E-state index contributed by atoms with van der Waals surface area (Å²) < 4.78 is 5.49. The van der Waals surface area contributed by atoms with Gasteiger partial charge >= 0.3 is 5.97 Å². The van der Waals surface area contributed by atoms with Gasteiger partial charge in [0.1, 0.15) is 11.0 Å². The van der Waals surface area contributed by atoms with Crippen LogP contribution in [0, 0.1) is 0 Å². The second kappa shape index (κ2) is 3.34. The first kappa shape index (κ1) is 10.8. The van der Waals surface area contributed by atoms with Crippen LogP contribution in [0.5, 0.6) is 0 Å². The molecule has 1 heterocycles. The third-order valence-corrected chi connectivity index (χ3v) is 4.72. The third-order valence-electron chi connectivity index (χ3n) is 4.72. The van der Waals surface area contributed by atoms with Crippen molar-refractivity contribution in [2.45, 2.75) is 50.5 Å². The number of aryl methyl sites for hydroxylation is 1. The summed E-state index contributed by atoms with van der Waals surface area (Å²) in [5.74, 6) is -0.0194. The number of hydrogen-bond acceptors (Lipinski definition) is 2. The van der Waals surface area contributed by atoms with E-state index in [4.69, 9.17) is 4.74 Å². The summed E-state index contributed by atoms with van der Waals surface area (Å²) in [7, 11) is 0. The molecule has 2 unspecified atom stereocenters. The van der Waals surface area contributed by atoms with E-state index < -0.39 is 0 Å². The maximum Gasteiger partial charge on any atom is 0.321 e. The van der Waals surface area contributed by atoms with Crippen LogP contribution in [0.1, 0.15) is 44.2 Å². The highest BCUT2D eigenvalue weighted by molar-refractivity contribution is 5.92. The SMILES string of the molecule is CCC1(C)OC(=O)C12CCCc1ccccc12. The molecule has 0 amide bonds. The molecule has 1 aromatic rings.